The summed E-state index contributed by atoms with van der Waals surface area (Å²) in [6.07, 6.45) is 0. The lowest BCUT2D eigenvalue weighted by Crippen LogP contribution is -2.32. The molecule has 0 fully saturated rings. The van der Waals surface area contributed by atoms with Gasteiger partial charge in [-0.3, -0.25) is 14.8 Å². The number of benzene rings is 3. The molecule has 27 heavy (non-hydrogen) atoms. The van der Waals surface area contributed by atoms with Crippen molar-refractivity contribution < 1.29 is 19.5 Å². The van der Waals surface area contributed by atoms with Crippen LogP contribution < -0.4 is 9.80 Å². The molecule has 0 bridgehead atoms. The van der Waals surface area contributed by atoms with Crippen molar-refractivity contribution in [1.29, 1.82) is 0 Å². The molecule has 1 N–H and O–H groups in total. The van der Waals surface area contributed by atoms with E-state index in [9.17, 15) is 14.8 Å². The first-order chi connectivity index (χ1) is 13.1. The first-order valence-electron chi connectivity index (χ1n) is 8.15. The van der Waals surface area contributed by atoms with E-state index in [1.54, 1.807) is 60.7 Å². The van der Waals surface area contributed by atoms with Crippen molar-refractivity contribution >= 4 is 29.0 Å². The number of hydroxylamine groups is 1. The predicted octanol–water partition coefficient (Wildman–Crippen LogP) is 4.37. The van der Waals surface area contributed by atoms with Crippen molar-refractivity contribution in [2.24, 2.45) is 0 Å². The highest BCUT2D eigenvalue weighted by Gasteiger charge is 2.18. The maximum Gasteiger partial charge on any atom is 0.288 e. The fourth-order valence-electron chi connectivity index (χ4n) is 2.46. The van der Waals surface area contributed by atoms with E-state index >= 15 is 0 Å². The Labute approximate surface area is 161 Å². The normalized spacial score (nSPS) is 10.3. The molecule has 0 spiro atoms. The van der Waals surface area contributed by atoms with Crippen LogP contribution in [0.25, 0.3) is 0 Å². The summed E-state index contributed by atoms with van der Waals surface area (Å²) < 4.78 is 5.51. The molecule has 5 nitrogen and oxygen atoms in total. The minimum absolute atomic E-state index is 0.211. The lowest BCUT2D eigenvalue weighted by atomic mass is 10.0. The number of rotatable bonds is 6. The van der Waals surface area contributed by atoms with Crippen molar-refractivity contribution in [1.82, 2.24) is 0 Å². The summed E-state index contributed by atoms with van der Waals surface area (Å²) in [6, 6.07) is 21.6. The number of ether oxygens (including phenoxy) is 1. The van der Waals surface area contributed by atoms with Gasteiger partial charge in [0.2, 0.25) is 0 Å². The van der Waals surface area contributed by atoms with Crippen LogP contribution >= 0.6 is 11.6 Å². The highest BCUT2D eigenvalue weighted by atomic mass is 35.5. The van der Waals surface area contributed by atoms with E-state index in [-0.39, 0.29) is 17.1 Å². The van der Waals surface area contributed by atoms with Crippen molar-refractivity contribution in [3.8, 4) is 5.75 Å². The van der Waals surface area contributed by atoms with Crippen molar-refractivity contribution in [3.05, 3.63) is 95.0 Å². The Morgan fingerprint density at radius 1 is 0.926 bits per heavy atom. The number of amides is 1. The number of hydrogen-bond donors (Lipinski definition) is 1. The third-order valence-electron chi connectivity index (χ3n) is 3.81. The smallest absolute Gasteiger partial charge is 0.288 e. The SMILES string of the molecule is O=C(c1ccccc1)c1cc(Cl)ccc1OCC(=O)N(O)c1ccccc1. The Morgan fingerprint density at radius 2 is 1.56 bits per heavy atom. The Morgan fingerprint density at radius 3 is 2.22 bits per heavy atom. The molecule has 0 saturated heterocycles. The summed E-state index contributed by atoms with van der Waals surface area (Å²) in [6.45, 7) is -0.442. The zero-order valence-electron chi connectivity index (χ0n) is 14.2. The highest BCUT2D eigenvalue weighted by molar-refractivity contribution is 6.31. The fourth-order valence-corrected chi connectivity index (χ4v) is 2.64. The van der Waals surface area contributed by atoms with Gasteiger partial charge in [0.05, 0.1) is 11.3 Å². The molecule has 6 heteroatoms. The van der Waals surface area contributed by atoms with E-state index in [1.165, 1.54) is 12.1 Å². The first-order valence-corrected chi connectivity index (χ1v) is 8.53. The molecule has 3 aromatic rings. The molecule has 136 valence electrons. The molecule has 3 rings (SSSR count). The Balaban J connectivity index is 1.77. The van der Waals surface area contributed by atoms with E-state index in [1.807, 2.05) is 6.07 Å². The Bertz CT molecular complexity index is 945. The third kappa shape index (κ3) is 4.53. The highest BCUT2D eigenvalue weighted by Crippen LogP contribution is 2.26. The predicted molar refractivity (Wildman–Crippen MR) is 103 cm³/mol. The lowest BCUT2D eigenvalue weighted by Gasteiger charge is -2.16. The van der Waals surface area contributed by atoms with E-state index in [0.717, 1.165) is 0 Å². The van der Waals surface area contributed by atoms with Crippen molar-refractivity contribution in [2.75, 3.05) is 11.7 Å². The third-order valence-corrected chi connectivity index (χ3v) is 4.05. The number of nitrogens with zero attached hydrogens (tertiary/aromatic N) is 1. The Kier molecular flexibility index (Phi) is 5.86. The molecule has 1 amide bonds. The minimum Gasteiger partial charge on any atom is -0.483 e. The van der Waals surface area contributed by atoms with Crippen LogP contribution in [0.3, 0.4) is 0 Å². The summed E-state index contributed by atoms with van der Waals surface area (Å²) in [5.41, 5.74) is 1.04. The van der Waals surface area contributed by atoms with Crippen LogP contribution in [-0.4, -0.2) is 23.5 Å². The van der Waals surface area contributed by atoms with Crippen LogP contribution in [0.15, 0.2) is 78.9 Å². The van der Waals surface area contributed by atoms with Crippen LogP contribution in [-0.2, 0) is 4.79 Å². The van der Waals surface area contributed by atoms with E-state index in [2.05, 4.69) is 0 Å². The molecule has 0 radical (unpaired) electrons. The largest absolute Gasteiger partial charge is 0.483 e. The minimum atomic E-state index is -0.672. The molecule has 0 aliphatic rings. The molecule has 0 aliphatic heterocycles. The molecule has 0 atom stereocenters. The Hall–Kier alpha value is -3.15. The number of carbonyl (C=O) groups excluding carboxylic acids is 2. The zero-order chi connectivity index (χ0) is 19.2. The van der Waals surface area contributed by atoms with Gasteiger partial charge < -0.3 is 4.74 Å². The van der Waals surface area contributed by atoms with E-state index in [4.69, 9.17) is 16.3 Å². The van der Waals surface area contributed by atoms with Gasteiger partial charge in [-0.05, 0) is 30.3 Å². The molecule has 0 saturated carbocycles. The quantitative estimate of drug-likeness (QED) is 0.391. The van der Waals surface area contributed by atoms with Crippen LogP contribution in [0.4, 0.5) is 5.69 Å². The monoisotopic (exact) mass is 381 g/mol. The second-order valence-corrected chi connectivity index (χ2v) is 6.10. The number of carbonyl (C=O) groups is 2. The van der Waals surface area contributed by atoms with Crippen LogP contribution in [0.5, 0.6) is 5.75 Å². The van der Waals surface area contributed by atoms with Crippen LogP contribution in [0, 0.1) is 0 Å². The molecule has 0 heterocycles. The summed E-state index contributed by atoms with van der Waals surface area (Å²) in [5.74, 6) is -0.734. The number of hydrogen-bond acceptors (Lipinski definition) is 4. The number of halogens is 1. The number of para-hydroxylation sites is 1. The first kappa shape index (κ1) is 18.6. The number of anilines is 1. The van der Waals surface area contributed by atoms with Crippen molar-refractivity contribution in [2.45, 2.75) is 0 Å². The molecule has 0 aromatic heterocycles. The van der Waals surface area contributed by atoms with Gasteiger partial charge in [0.1, 0.15) is 5.75 Å². The fraction of sp³-hybridized carbons (Fsp3) is 0.0476. The van der Waals surface area contributed by atoms with Crippen molar-refractivity contribution in [3.63, 3.8) is 0 Å². The summed E-state index contributed by atoms with van der Waals surface area (Å²) in [7, 11) is 0. The van der Waals surface area contributed by atoms with E-state index < -0.39 is 12.5 Å². The lowest BCUT2D eigenvalue weighted by molar-refractivity contribution is -0.125. The summed E-state index contributed by atoms with van der Waals surface area (Å²) in [4.78, 5) is 24.9. The van der Waals surface area contributed by atoms with Crippen LogP contribution in [0.1, 0.15) is 15.9 Å². The molecule has 0 unspecified atom stereocenters. The molecule has 3 aromatic carbocycles. The van der Waals surface area contributed by atoms with Gasteiger partial charge in [0, 0.05) is 10.6 Å². The van der Waals surface area contributed by atoms with E-state index in [0.29, 0.717) is 21.3 Å². The standard InChI is InChI=1S/C21H16ClNO4/c22-16-11-12-19(18(13-16)21(25)15-7-3-1-4-8-15)27-14-20(24)23(26)17-9-5-2-6-10-17/h1-13,26H,14H2. The van der Waals surface area contributed by atoms with Gasteiger partial charge in [-0.15, -0.1) is 0 Å². The second kappa shape index (κ2) is 8.49. The maximum absolute atomic E-state index is 12.7. The van der Waals surface area contributed by atoms with Gasteiger partial charge in [0.25, 0.3) is 5.91 Å². The maximum atomic E-state index is 12.7. The van der Waals surface area contributed by atoms with Gasteiger partial charge in [-0.2, -0.15) is 5.06 Å². The summed E-state index contributed by atoms with van der Waals surface area (Å²) in [5, 5.41) is 10.9. The zero-order valence-corrected chi connectivity index (χ0v) is 15.0. The van der Waals surface area contributed by atoms with Gasteiger partial charge in [-0.25, -0.2) is 0 Å². The van der Waals surface area contributed by atoms with Gasteiger partial charge in [-0.1, -0.05) is 60.1 Å². The second-order valence-electron chi connectivity index (χ2n) is 5.67. The molecular weight excluding hydrogens is 366 g/mol. The summed E-state index contributed by atoms with van der Waals surface area (Å²) >= 11 is 6.02. The topological polar surface area (TPSA) is 66.8 Å². The molecular formula is C21H16ClNO4. The average molecular weight is 382 g/mol. The number of ketones is 1. The van der Waals surface area contributed by atoms with Gasteiger partial charge >= 0.3 is 0 Å². The van der Waals surface area contributed by atoms with Gasteiger partial charge in [0.15, 0.2) is 12.4 Å². The molecule has 0 aliphatic carbocycles. The van der Waals surface area contributed by atoms with Crippen LogP contribution in [0.2, 0.25) is 5.02 Å². The average Bonchev–Trinajstić information content (AvgIpc) is 2.72.